The van der Waals surface area contributed by atoms with Gasteiger partial charge in [-0.05, 0) is 68.7 Å². The molecule has 6 heteroatoms. The molecule has 3 rings (SSSR count). The summed E-state index contributed by atoms with van der Waals surface area (Å²) in [6.45, 7) is 9.13. The third-order valence-corrected chi connectivity index (χ3v) is 5.98. The predicted octanol–water partition coefficient (Wildman–Crippen LogP) is 6.26. The van der Waals surface area contributed by atoms with Crippen molar-refractivity contribution < 1.29 is 24.2 Å². The van der Waals surface area contributed by atoms with Crippen molar-refractivity contribution in [2.24, 2.45) is 0 Å². The standard InChI is InChI=1S/C29H37NO5/c1-5-7-9-18-34-23-15-13-21(14-16-23)27(31)25-26(30(17-8-6-2)29(33)28(25)32)22-11-10-12-24(19-22)35-20(3)4/h10-16,19-20,26,31H,5-9,17-18H2,1-4H3/b27-25-. The number of unbranched alkanes of at least 4 members (excludes halogenated alkanes) is 3. The zero-order valence-electron chi connectivity index (χ0n) is 21.3. The number of carbonyl (C=O) groups excluding carboxylic acids is 2. The average Bonchev–Trinajstić information content (AvgIpc) is 3.10. The zero-order chi connectivity index (χ0) is 25.4. The summed E-state index contributed by atoms with van der Waals surface area (Å²) < 4.78 is 11.6. The molecular weight excluding hydrogens is 442 g/mol. The second-order valence-electron chi connectivity index (χ2n) is 9.17. The molecule has 1 aliphatic heterocycles. The van der Waals surface area contributed by atoms with Gasteiger partial charge >= 0.3 is 0 Å². The second kappa shape index (κ2) is 12.4. The Morgan fingerprint density at radius 2 is 1.69 bits per heavy atom. The van der Waals surface area contributed by atoms with Crippen molar-refractivity contribution in [1.29, 1.82) is 0 Å². The SMILES string of the molecule is CCCCCOc1ccc(/C(O)=C2/C(=O)C(=O)N(CCCC)C2c2cccc(OC(C)C)c2)cc1. The van der Waals surface area contributed by atoms with Crippen molar-refractivity contribution in [3.05, 3.63) is 65.2 Å². The number of aliphatic hydroxyl groups is 1. The molecule has 1 atom stereocenters. The first-order valence-corrected chi connectivity index (χ1v) is 12.7. The molecule has 1 fully saturated rings. The fraction of sp³-hybridized carbons (Fsp3) is 0.448. The number of rotatable bonds is 12. The molecule has 0 spiro atoms. The van der Waals surface area contributed by atoms with E-state index in [9.17, 15) is 14.7 Å². The minimum atomic E-state index is -0.678. The van der Waals surface area contributed by atoms with Crippen molar-refractivity contribution in [2.75, 3.05) is 13.2 Å². The fourth-order valence-corrected chi connectivity index (χ4v) is 4.22. The molecule has 1 saturated heterocycles. The van der Waals surface area contributed by atoms with Gasteiger partial charge in [-0.3, -0.25) is 9.59 Å². The molecule has 1 aliphatic rings. The number of carbonyl (C=O) groups is 2. The molecule has 0 radical (unpaired) electrons. The lowest BCUT2D eigenvalue weighted by molar-refractivity contribution is -0.139. The van der Waals surface area contributed by atoms with E-state index in [1.54, 1.807) is 29.2 Å². The highest BCUT2D eigenvalue weighted by Crippen LogP contribution is 2.40. The highest BCUT2D eigenvalue weighted by molar-refractivity contribution is 6.46. The number of ether oxygens (including phenoxy) is 2. The molecule has 0 aliphatic carbocycles. The Morgan fingerprint density at radius 1 is 0.971 bits per heavy atom. The van der Waals surface area contributed by atoms with Crippen LogP contribution in [0.1, 0.15) is 77.0 Å². The molecule has 2 aromatic carbocycles. The third-order valence-electron chi connectivity index (χ3n) is 5.98. The molecule has 35 heavy (non-hydrogen) atoms. The molecule has 1 heterocycles. The minimum absolute atomic E-state index is 0.0144. The lowest BCUT2D eigenvalue weighted by atomic mass is 9.95. The molecule has 0 bridgehead atoms. The Kier molecular flexibility index (Phi) is 9.35. The van der Waals surface area contributed by atoms with Crippen LogP contribution in [0.5, 0.6) is 11.5 Å². The van der Waals surface area contributed by atoms with Crippen molar-refractivity contribution in [3.8, 4) is 11.5 Å². The molecule has 1 N–H and O–H groups in total. The van der Waals surface area contributed by atoms with E-state index in [2.05, 4.69) is 6.92 Å². The molecule has 6 nitrogen and oxygen atoms in total. The van der Waals surface area contributed by atoms with Gasteiger partial charge in [0.2, 0.25) is 0 Å². The summed E-state index contributed by atoms with van der Waals surface area (Å²) in [4.78, 5) is 27.7. The lowest BCUT2D eigenvalue weighted by Crippen LogP contribution is -2.30. The number of Topliss-reactive ketones (excluding diaryl/α,β-unsaturated/α-hetero) is 1. The molecular formula is C29H37NO5. The number of nitrogens with zero attached hydrogens (tertiary/aromatic N) is 1. The zero-order valence-corrected chi connectivity index (χ0v) is 21.3. The van der Waals surface area contributed by atoms with E-state index in [-0.39, 0.29) is 17.4 Å². The van der Waals surface area contributed by atoms with Gasteiger partial charge in [-0.2, -0.15) is 0 Å². The van der Waals surface area contributed by atoms with Crippen LogP contribution in [0.25, 0.3) is 5.76 Å². The molecule has 0 saturated carbocycles. The molecule has 0 aromatic heterocycles. The summed E-state index contributed by atoms with van der Waals surface area (Å²) in [5.41, 5.74) is 1.30. The Labute approximate surface area is 208 Å². The maximum Gasteiger partial charge on any atom is 0.295 e. The van der Waals surface area contributed by atoms with Crippen LogP contribution < -0.4 is 9.47 Å². The molecule has 1 unspecified atom stereocenters. The lowest BCUT2D eigenvalue weighted by Gasteiger charge is -2.25. The van der Waals surface area contributed by atoms with E-state index < -0.39 is 17.7 Å². The number of likely N-dealkylation sites (tertiary alicyclic amines) is 1. The fourth-order valence-electron chi connectivity index (χ4n) is 4.22. The summed E-state index contributed by atoms with van der Waals surface area (Å²) >= 11 is 0. The second-order valence-corrected chi connectivity index (χ2v) is 9.17. The van der Waals surface area contributed by atoms with Crippen molar-refractivity contribution >= 4 is 17.4 Å². The molecule has 2 aromatic rings. The number of amides is 1. The summed E-state index contributed by atoms with van der Waals surface area (Å²) in [5, 5.41) is 11.2. The van der Waals surface area contributed by atoms with Crippen LogP contribution in [0.2, 0.25) is 0 Å². The van der Waals surface area contributed by atoms with Gasteiger partial charge in [0.15, 0.2) is 0 Å². The van der Waals surface area contributed by atoms with Gasteiger partial charge in [0.05, 0.1) is 24.3 Å². The molecule has 188 valence electrons. The Morgan fingerprint density at radius 3 is 2.34 bits per heavy atom. The normalized spacial score (nSPS) is 17.3. The molecule has 1 amide bonds. The van der Waals surface area contributed by atoms with Crippen LogP contribution in [0.4, 0.5) is 0 Å². The van der Waals surface area contributed by atoms with Gasteiger partial charge in [0.1, 0.15) is 17.3 Å². The first kappa shape index (κ1) is 26.3. The van der Waals surface area contributed by atoms with Crippen LogP contribution in [0.15, 0.2) is 54.1 Å². The van der Waals surface area contributed by atoms with Crippen LogP contribution >= 0.6 is 0 Å². The Balaban J connectivity index is 1.98. The summed E-state index contributed by atoms with van der Waals surface area (Å²) in [7, 11) is 0. The summed E-state index contributed by atoms with van der Waals surface area (Å²) in [6.07, 6.45) is 4.85. The first-order valence-electron chi connectivity index (χ1n) is 12.7. The smallest absolute Gasteiger partial charge is 0.295 e. The maximum absolute atomic E-state index is 13.1. The number of hydrogen-bond donors (Lipinski definition) is 1. The predicted molar refractivity (Wildman–Crippen MR) is 138 cm³/mol. The van der Waals surface area contributed by atoms with Crippen molar-refractivity contribution in [1.82, 2.24) is 4.90 Å². The Hall–Kier alpha value is -3.28. The highest BCUT2D eigenvalue weighted by atomic mass is 16.5. The quantitative estimate of drug-likeness (QED) is 0.168. The monoisotopic (exact) mass is 479 g/mol. The van der Waals surface area contributed by atoms with Crippen molar-refractivity contribution in [2.45, 2.75) is 71.9 Å². The van der Waals surface area contributed by atoms with E-state index in [4.69, 9.17) is 9.47 Å². The number of benzene rings is 2. The van der Waals surface area contributed by atoms with Gasteiger partial charge < -0.3 is 19.5 Å². The van der Waals surface area contributed by atoms with E-state index in [0.717, 1.165) is 37.7 Å². The highest BCUT2D eigenvalue weighted by Gasteiger charge is 2.45. The van der Waals surface area contributed by atoms with Crippen molar-refractivity contribution in [3.63, 3.8) is 0 Å². The number of ketones is 1. The van der Waals surface area contributed by atoms with Crippen LogP contribution in [-0.4, -0.2) is 41.0 Å². The van der Waals surface area contributed by atoms with Gasteiger partial charge in [-0.15, -0.1) is 0 Å². The summed E-state index contributed by atoms with van der Waals surface area (Å²) in [5.74, 6) is -0.0749. The van der Waals surface area contributed by atoms with E-state index in [1.807, 2.05) is 45.0 Å². The Bertz CT molecular complexity index is 1040. The number of aliphatic hydroxyl groups excluding tert-OH is 1. The topological polar surface area (TPSA) is 76.1 Å². The van der Waals surface area contributed by atoms with Gasteiger partial charge in [-0.25, -0.2) is 0 Å². The van der Waals surface area contributed by atoms with Gasteiger partial charge in [-0.1, -0.05) is 45.2 Å². The minimum Gasteiger partial charge on any atom is -0.507 e. The summed E-state index contributed by atoms with van der Waals surface area (Å²) in [6, 6.07) is 13.7. The maximum atomic E-state index is 13.1. The van der Waals surface area contributed by atoms with Gasteiger partial charge in [0.25, 0.3) is 11.7 Å². The first-order chi connectivity index (χ1) is 16.9. The van der Waals surface area contributed by atoms with Crippen LogP contribution in [0.3, 0.4) is 0 Å². The van der Waals surface area contributed by atoms with E-state index in [0.29, 0.717) is 30.2 Å². The largest absolute Gasteiger partial charge is 0.507 e. The van der Waals surface area contributed by atoms with E-state index >= 15 is 0 Å². The van der Waals surface area contributed by atoms with Crippen LogP contribution in [-0.2, 0) is 9.59 Å². The third kappa shape index (κ3) is 6.44. The average molecular weight is 480 g/mol. The van der Waals surface area contributed by atoms with E-state index in [1.165, 1.54) is 0 Å². The van der Waals surface area contributed by atoms with Gasteiger partial charge in [0, 0.05) is 12.1 Å². The number of hydrogen-bond acceptors (Lipinski definition) is 5. The van der Waals surface area contributed by atoms with Crippen LogP contribution in [0, 0.1) is 0 Å².